The van der Waals surface area contributed by atoms with E-state index in [1.165, 1.54) is 32.1 Å². The zero-order valence-electron chi connectivity index (χ0n) is 13.4. The summed E-state index contributed by atoms with van der Waals surface area (Å²) in [5.41, 5.74) is 0. The van der Waals surface area contributed by atoms with Crippen molar-refractivity contribution in [2.75, 3.05) is 0 Å². The van der Waals surface area contributed by atoms with Gasteiger partial charge in [-0.1, -0.05) is 67.7 Å². The molecule has 0 fully saturated rings. The van der Waals surface area contributed by atoms with E-state index in [1.807, 2.05) is 0 Å². The summed E-state index contributed by atoms with van der Waals surface area (Å²) in [7, 11) is 0. The summed E-state index contributed by atoms with van der Waals surface area (Å²) in [6.07, 6.45) is 6.90. The Balaban J connectivity index is 4.53. The van der Waals surface area contributed by atoms with Gasteiger partial charge in [0, 0.05) is 0 Å². The quantitative estimate of drug-likeness (QED) is 0.453. The summed E-state index contributed by atoms with van der Waals surface area (Å²) in [6.45, 7) is 16.7. The first-order chi connectivity index (χ1) is 7.96. The zero-order chi connectivity index (χ0) is 13.4. The number of hydrogen-bond donors (Lipinski definition) is 0. The van der Waals surface area contributed by atoms with Gasteiger partial charge in [0.2, 0.25) is 0 Å². The first-order valence-electron chi connectivity index (χ1n) is 7.96. The van der Waals surface area contributed by atoms with Gasteiger partial charge in [-0.15, -0.1) is 0 Å². The van der Waals surface area contributed by atoms with E-state index in [2.05, 4.69) is 48.5 Å². The minimum Gasteiger partial charge on any atom is -0.0651 e. The van der Waals surface area contributed by atoms with E-state index in [0.29, 0.717) is 0 Å². The number of hydrogen-bond acceptors (Lipinski definition) is 0. The highest BCUT2D eigenvalue weighted by Gasteiger charge is 2.25. The van der Waals surface area contributed by atoms with Gasteiger partial charge in [-0.3, -0.25) is 0 Å². The molecule has 0 radical (unpaired) electrons. The average molecular weight is 240 g/mol. The molecule has 104 valence electrons. The van der Waals surface area contributed by atoms with E-state index >= 15 is 0 Å². The first kappa shape index (κ1) is 17.0. The van der Waals surface area contributed by atoms with Crippen molar-refractivity contribution in [3.05, 3.63) is 0 Å². The van der Waals surface area contributed by atoms with E-state index in [4.69, 9.17) is 0 Å². The Hall–Kier alpha value is 0. The van der Waals surface area contributed by atoms with Crippen LogP contribution in [-0.4, -0.2) is 0 Å². The van der Waals surface area contributed by atoms with Crippen molar-refractivity contribution in [1.82, 2.24) is 0 Å². The lowest BCUT2D eigenvalue weighted by atomic mass is 9.73. The molecule has 0 spiro atoms. The fourth-order valence-corrected chi connectivity index (χ4v) is 3.23. The standard InChI is InChI=1S/C17H36/c1-8-14(6)12-17(11-13(4)5)15(7)16(9-2)10-3/h13-17H,8-12H2,1-7H3. The van der Waals surface area contributed by atoms with Crippen molar-refractivity contribution in [2.24, 2.45) is 29.6 Å². The van der Waals surface area contributed by atoms with Gasteiger partial charge in [-0.05, 0) is 42.4 Å². The molecule has 3 unspecified atom stereocenters. The minimum atomic E-state index is 0.848. The first-order valence-corrected chi connectivity index (χ1v) is 7.96. The topological polar surface area (TPSA) is 0 Å². The van der Waals surface area contributed by atoms with Crippen LogP contribution in [0.1, 0.15) is 80.6 Å². The van der Waals surface area contributed by atoms with Crippen LogP contribution in [0.5, 0.6) is 0 Å². The van der Waals surface area contributed by atoms with Gasteiger partial charge in [0.25, 0.3) is 0 Å². The van der Waals surface area contributed by atoms with Crippen molar-refractivity contribution in [3.8, 4) is 0 Å². The Bertz CT molecular complexity index is 167. The zero-order valence-corrected chi connectivity index (χ0v) is 13.4. The molecule has 0 heterocycles. The van der Waals surface area contributed by atoms with Crippen LogP contribution in [0.15, 0.2) is 0 Å². The highest BCUT2D eigenvalue weighted by atomic mass is 14.3. The Kier molecular flexibility index (Phi) is 9.00. The van der Waals surface area contributed by atoms with Gasteiger partial charge >= 0.3 is 0 Å². The van der Waals surface area contributed by atoms with Crippen LogP contribution >= 0.6 is 0 Å². The molecule has 0 amide bonds. The Morgan fingerprint density at radius 1 is 0.647 bits per heavy atom. The van der Waals surface area contributed by atoms with E-state index in [0.717, 1.165) is 29.6 Å². The van der Waals surface area contributed by atoms with Gasteiger partial charge in [0.15, 0.2) is 0 Å². The van der Waals surface area contributed by atoms with Crippen LogP contribution in [-0.2, 0) is 0 Å². The molecular weight excluding hydrogens is 204 g/mol. The maximum atomic E-state index is 2.51. The molecule has 0 aromatic heterocycles. The summed E-state index contributed by atoms with van der Waals surface area (Å²) in [5.74, 6) is 4.52. The van der Waals surface area contributed by atoms with Crippen LogP contribution in [0.4, 0.5) is 0 Å². The summed E-state index contributed by atoms with van der Waals surface area (Å²) in [6, 6.07) is 0. The molecule has 3 atom stereocenters. The molecule has 0 aliphatic heterocycles. The maximum Gasteiger partial charge on any atom is -0.0381 e. The van der Waals surface area contributed by atoms with Crippen LogP contribution in [0.3, 0.4) is 0 Å². The normalized spacial score (nSPS) is 17.5. The molecule has 0 nitrogen and oxygen atoms in total. The van der Waals surface area contributed by atoms with Crippen molar-refractivity contribution >= 4 is 0 Å². The van der Waals surface area contributed by atoms with Crippen molar-refractivity contribution in [3.63, 3.8) is 0 Å². The van der Waals surface area contributed by atoms with Crippen LogP contribution < -0.4 is 0 Å². The highest BCUT2D eigenvalue weighted by molar-refractivity contribution is 4.75. The van der Waals surface area contributed by atoms with Gasteiger partial charge in [-0.2, -0.15) is 0 Å². The molecule has 0 bridgehead atoms. The molecule has 0 saturated carbocycles. The summed E-state index contributed by atoms with van der Waals surface area (Å²) < 4.78 is 0. The largest absolute Gasteiger partial charge is 0.0651 e. The minimum absolute atomic E-state index is 0.848. The second-order valence-electron chi connectivity index (χ2n) is 6.57. The Morgan fingerprint density at radius 2 is 1.18 bits per heavy atom. The Labute approximate surface area is 111 Å². The maximum absolute atomic E-state index is 2.51. The van der Waals surface area contributed by atoms with Gasteiger partial charge in [0.05, 0.1) is 0 Å². The summed E-state index contributed by atoms with van der Waals surface area (Å²) in [5, 5.41) is 0. The van der Waals surface area contributed by atoms with Crippen LogP contribution in [0, 0.1) is 29.6 Å². The van der Waals surface area contributed by atoms with E-state index < -0.39 is 0 Å². The van der Waals surface area contributed by atoms with Crippen LogP contribution in [0.25, 0.3) is 0 Å². The van der Waals surface area contributed by atoms with E-state index in [1.54, 1.807) is 0 Å². The lowest BCUT2D eigenvalue weighted by Gasteiger charge is -2.33. The van der Waals surface area contributed by atoms with Gasteiger partial charge < -0.3 is 0 Å². The molecule has 0 saturated heterocycles. The molecule has 0 aliphatic rings. The van der Waals surface area contributed by atoms with Gasteiger partial charge in [0.1, 0.15) is 0 Å². The third-order valence-electron chi connectivity index (χ3n) is 4.71. The van der Waals surface area contributed by atoms with E-state index in [9.17, 15) is 0 Å². The predicted octanol–water partition coefficient (Wildman–Crippen LogP) is 6.16. The molecule has 0 aromatic carbocycles. The molecule has 0 N–H and O–H groups in total. The Morgan fingerprint density at radius 3 is 1.53 bits per heavy atom. The fraction of sp³-hybridized carbons (Fsp3) is 1.00. The van der Waals surface area contributed by atoms with Gasteiger partial charge in [-0.25, -0.2) is 0 Å². The third-order valence-corrected chi connectivity index (χ3v) is 4.71. The monoisotopic (exact) mass is 240 g/mol. The molecule has 0 rings (SSSR count). The lowest BCUT2D eigenvalue weighted by molar-refractivity contribution is 0.175. The highest BCUT2D eigenvalue weighted by Crippen LogP contribution is 2.35. The predicted molar refractivity (Wildman–Crippen MR) is 80.3 cm³/mol. The number of rotatable bonds is 9. The van der Waals surface area contributed by atoms with E-state index in [-0.39, 0.29) is 0 Å². The third kappa shape index (κ3) is 6.48. The fourth-order valence-electron chi connectivity index (χ4n) is 3.23. The van der Waals surface area contributed by atoms with Crippen molar-refractivity contribution < 1.29 is 0 Å². The summed E-state index contributed by atoms with van der Waals surface area (Å²) in [4.78, 5) is 0. The second kappa shape index (κ2) is 9.00. The average Bonchev–Trinajstić information content (AvgIpc) is 2.28. The molecule has 0 aromatic rings. The van der Waals surface area contributed by atoms with Crippen LogP contribution in [0.2, 0.25) is 0 Å². The molecule has 0 aliphatic carbocycles. The van der Waals surface area contributed by atoms with Crippen molar-refractivity contribution in [1.29, 1.82) is 0 Å². The second-order valence-corrected chi connectivity index (χ2v) is 6.57. The molecule has 0 heteroatoms. The smallest absolute Gasteiger partial charge is 0.0381 e. The van der Waals surface area contributed by atoms with Crippen molar-refractivity contribution in [2.45, 2.75) is 80.6 Å². The summed E-state index contributed by atoms with van der Waals surface area (Å²) >= 11 is 0. The molecular formula is C17H36. The molecule has 17 heavy (non-hydrogen) atoms. The lowest BCUT2D eigenvalue weighted by Crippen LogP contribution is -2.23. The SMILES string of the molecule is CCC(C)CC(CC(C)C)C(C)C(CC)CC.